The Morgan fingerprint density at radius 2 is 2.46 bits per heavy atom. The van der Waals surface area contributed by atoms with Crippen LogP contribution in [0.1, 0.15) is 19.8 Å². The highest BCUT2D eigenvalue weighted by Gasteiger charge is 2.25. The molecular formula is C10H19NO2. The van der Waals surface area contributed by atoms with E-state index in [9.17, 15) is 4.79 Å². The average Bonchev–Trinajstić information content (AvgIpc) is 2.65. The number of carbonyl (C=O) groups is 1. The van der Waals surface area contributed by atoms with Crippen LogP contribution in [0.4, 0.5) is 0 Å². The van der Waals surface area contributed by atoms with E-state index in [4.69, 9.17) is 4.74 Å². The van der Waals surface area contributed by atoms with Crippen molar-refractivity contribution in [2.75, 3.05) is 26.8 Å². The quantitative estimate of drug-likeness (QED) is 0.689. The van der Waals surface area contributed by atoms with Crippen LogP contribution in [-0.4, -0.2) is 32.6 Å². The number of rotatable bonds is 5. The number of hydrogen-bond donors (Lipinski definition) is 1. The molecule has 2 atom stereocenters. The molecule has 0 aromatic heterocycles. The molecule has 0 spiro atoms. The smallest absolute Gasteiger partial charge is 0.140 e. The molecule has 1 N–H and O–H groups in total. The molecule has 13 heavy (non-hydrogen) atoms. The van der Waals surface area contributed by atoms with Crippen LogP contribution in [0, 0.1) is 11.8 Å². The van der Waals surface area contributed by atoms with Crippen LogP contribution in [-0.2, 0) is 9.53 Å². The highest BCUT2D eigenvalue weighted by atomic mass is 16.5. The number of hydrogen-bond acceptors (Lipinski definition) is 3. The second-order valence-electron chi connectivity index (χ2n) is 3.77. The van der Waals surface area contributed by atoms with Crippen LogP contribution in [0.2, 0.25) is 0 Å². The van der Waals surface area contributed by atoms with Gasteiger partial charge in [-0.1, -0.05) is 6.92 Å². The monoisotopic (exact) mass is 185 g/mol. The Morgan fingerprint density at radius 1 is 1.69 bits per heavy atom. The van der Waals surface area contributed by atoms with Gasteiger partial charge in [-0.05, 0) is 19.4 Å². The lowest BCUT2D eigenvalue weighted by atomic mass is 9.91. The van der Waals surface area contributed by atoms with E-state index in [1.54, 1.807) is 7.11 Å². The summed E-state index contributed by atoms with van der Waals surface area (Å²) < 4.78 is 4.96. The van der Waals surface area contributed by atoms with E-state index in [-0.39, 0.29) is 11.8 Å². The van der Waals surface area contributed by atoms with Crippen LogP contribution >= 0.6 is 0 Å². The number of nitrogens with one attached hydrogen (secondary N) is 1. The van der Waals surface area contributed by atoms with Crippen molar-refractivity contribution in [1.29, 1.82) is 0 Å². The summed E-state index contributed by atoms with van der Waals surface area (Å²) in [6.45, 7) is 4.55. The number of ketones is 1. The lowest BCUT2D eigenvalue weighted by Crippen LogP contribution is -2.24. The first-order chi connectivity index (χ1) is 6.25. The molecule has 3 nitrogen and oxygen atoms in total. The standard InChI is InChI=1S/C10H19NO2/c1-8(4-6-13-2)10(12)9-3-5-11-7-9/h8-9,11H,3-7H2,1-2H3. The maximum absolute atomic E-state index is 11.8. The largest absolute Gasteiger partial charge is 0.385 e. The van der Waals surface area contributed by atoms with E-state index in [1.165, 1.54) is 0 Å². The summed E-state index contributed by atoms with van der Waals surface area (Å²) in [7, 11) is 1.67. The van der Waals surface area contributed by atoms with Gasteiger partial charge < -0.3 is 10.1 Å². The van der Waals surface area contributed by atoms with Crippen LogP contribution < -0.4 is 5.32 Å². The van der Waals surface area contributed by atoms with Crippen molar-refractivity contribution < 1.29 is 9.53 Å². The molecule has 76 valence electrons. The van der Waals surface area contributed by atoms with Crippen LogP contribution in [0.25, 0.3) is 0 Å². The third-order valence-electron chi connectivity index (χ3n) is 2.70. The van der Waals surface area contributed by atoms with Crippen molar-refractivity contribution in [3.8, 4) is 0 Å². The third kappa shape index (κ3) is 3.08. The van der Waals surface area contributed by atoms with E-state index >= 15 is 0 Å². The van der Waals surface area contributed by atoms with E-state index in [0.29, 0.717) is 12.4 Å². The summed E-state index contributed by atoms with van der Waals surface area (Å²) in [5.74, 6) is 0.818. The number of ether oxygens (including phenoxy) is 1. The van der Waals surface area contributed by atoms with Gasteiger partial charge in [0.1, 0.15) is 5.78 Å². The summed E-state index contributed by atoms with van der Waals surface area (Å²) in [5, 5.41) is 3.21. The fraction of sp³-hybridized carbons (Fsp3) is 0.900. The molecular weight excluding hydrogens is 166 g/mol. The molecule has 1 saturated heterocycles. The minimum atomic E-state index is 0.157. The Bertz CT molecular complexity index is 164. The SMILES string of the molecule is COCCC(C)C(=O)C1CCNC1. The van der Waals surface area contributed by atoms with Gasteiger partial charge in [-0.2, -0.15) is 0 Å². The first-order valence-corrected chi connectivity index (χ1v) is 4.99. The zero-order valence-corrected chi connectivity index (χ0v) is 8.51. The normalized spacial score (nSPS) is 24.6. The van der Waals surface area contributed by atoms with Crippen LogP contribution in [0.3, 0.4) is 0 Å². The topological polar surface area (TPSA) is 38.3 Å². The second kappa shape index (κ2) is 5.35. The molecule has 0 aliphatic carbocycles. The number of Topliss-reactive ketones (excluding diaryl/α,β-unsaturated/α-hetero) is 1. The van der Waals surface area contributed by atoms with E-state index in [1.807, 2.05) is 6.92 Å². The van der Waals surface area contributed by atoms with Gasteiger partial charge in [0.2, 0.25) is 0 Å². The summed E-state index contributed by atoms with van der Waals surface area (Å²) >= 11 is 0. The Kier molecular flexibility index (Phi) is 4.39. The molecule has 0 amide bonds. The van der Waals surface area contributed by atoms with Gasteiger partial charge in [-0.15, -0.1) is 0 Å². The molecule has 2 unspecified atom stereocenters. The summed E-state index contributed by atoms with van der Waals surface area (Å²) in [4.78, 5) is 11.8. The van der Waals surface area contributed by atoms with Gasteiger partial charge >= 0.3 is 0 Å². The van der Waals surface area contributed by atoms with Crippen molar-refractivity contribution in [2.45, 2.75) is 19.8 Å². The van der Waals surface area contributed by atoms with Crippen molar-refractivity contribution >= 4 is 5.78 Å². The maximum atomic E-state index is 11.8. The number of carbonyl (C=O) groups excluding carboxylic acids is 1. The minimum Gasteiger partial charge on any atom is -0.385 e. The molecule has 3 heteroatoms. The van der Waals surface area contributed by atoms with Gasteiger partial charge in [0, 0.05) is 32.1 Å². The van der Waals surface area contributed by atoms with Gasteiger partial charge in [-0.25, -0.2) is 0 Å². The molecule has 1 fully saturated rings. The van der Waals surface area contributed by atoms with Gasteiger partial charge in [0.25, 0.3) is 0 Å². The molecule has 1 aliphatic rings. The predicted molar refractivity (Wildman–Crippen MR) is 51.6 cm³/mol. The summed E-state index contributed by atoms with van der Waals surface area (Å²) in [5.41, 5.74) is 0. The fourth-order valence-corrected chi connectivity index (χ4v) is 1.74. The molecule has 1 heterocycles. The zero-order valence-electron chi connectivity index (χ0n) is 8.51. The molecule has 1 rings (SSSR count). The maximum Gasteiger partial charge on any atom is 0.140 e. The van der Waals surface area contributed by atoms with E-state index in [0.717, 1.165) is 25.9 Å². The van der Waals surface area contributed by atoms with Gasteiger partial charge in [0.15, 0.2) is 0 Å². The molecule has 0 bridgehead atoms. The van der Waals surface area contributed by atoms with Crippen LogP contribution in [0.15, 0.2) is 0 Å². The number of methoxy groups -OCH3 is 1. The zero-order chi connectivity index (χ0) is 9.68. The molecule has 0 saturated carbocycles. The highest BCUT2D eigenvalue weighted by molar-refractivity contribution is 5.83. The highest BCUT2D eigenvalue weighted by Crippen LogP contribution is 2.16. The average molecular weight is 185 g/mol. The first kappa shape index (κ1) is 10.7. The van der Waals surface area contributed by atoms with Crippen molar-refractivity contribution in [3.63, 3.8) is 0 Å². The van der Waals surface area contributed by atoms with Gasteiger partial charge in [-0.3, -0.25) is 4.79 Å². The van der Waals surface area contributed by atoms with E-state index in [2.05, 4.69) is 5.32 Å². The van der Waals surface area contributed by atoms with Crippen molar-refractivity contribution in [1.82, 2.24) is 5.32 Å². The minimum absolute atomic E-state index is 0.157. The lowest BCUT2D eigenvalue weighted by Gasteiger charge is -2.13. The van der Waals surface area contributed by atoms with E-state index < -0.39 is 0 Å². The summed E-state index contributed by atoms with van der Waals surface area (Å²) in [6.07, 6.45) is 1.86. The predicted octanol–water partition coefficient (Wildman–Crippen LogP) is 0.838. The van der Waals surface area contributed by atoms with Gasteiger partial charge in [0.05, 0.1) is 0 Å². The first-order valence-electron chi connectivity index (χ1n) is 4.99. The second-order valence-corrected chi connectivity index (χ2v) is 3.77. The molecule has 1 aliphatic heterocycles. The Morgan fingerprint density at radius 3 is 3.00 bits per heavy atom. The fourth-order valence-electron chi connectivity index (χ4n) is 1.74. The third-order valence-corrected chi connectivity index (χ3v) is 2.70. The molecule has 0 aromatic rings. The van der Waals surface area contributed by atoms with Crippen LogP contribution in [0.5, 0.6) is 0 Å². The van der Waals surface area contributed by atoms with Crippen molar-refractivity contribution in [2.24, 2.45) is 11.8 Å². The van der Waals surface area contributed by atoms with Crippen molar-refractivity contribution in [3.05, 3.63) is 0 Å². The molecule has 0 aromatic carbocycles. The molecule has 0 radical (unpaired) electrons. The Labute approximate surface area is 79.8 Å². The Balaban J connectivity index is 2.28. The lowest BCUT2D eigenvalue weighted by molar-refractivity contribution is -0.126. The Hall–Kier alpha value is -0.410. The summed E-state index contributed by atoms with van der Waals surface area (Å²) in [6, 6.07) is 0.